The Labute approximate surface area is 129 Å². The first-order chi connectivity index (χ1) is 10.1. The lowest BCUT2D eigenvalue weighted by atomic mass is 10.1. The largest absolute Gasteiger partial charge is 0.508 e. The predicted octanol–water partition coefficient (Wildman–Crippen LogP) is 3.02. The van der Waals surface area contributed by atoms with E-state index in [0.717, 1.165) is 11.8 Å². The van der Waals surface area contributed by atoms with E-state index in [2.05, 4.69) is 5.32 Å². The van der Waals surface area contributed by atoms with Crippen LogP contribution >= 0.6 is 23.1 Å². The molecule has 0 radical (unpaired) electrons. The highest BCUT2D eigenvalue weighted by Gasteiger charge is 2.13. The number of thioether (sulfide) groups is 1. The van der Waals surface area contributed by atoms with E-state index in [4.69, 9.17) is 5.11 Å². The Morgan fingerprint density at radius 2 is 2.10 bits per heavy atom. The van der Waals surface area contributed by atoms with E-state index in [-0.39, 0.29) is 28.7 Å². The van der Waals surface area contributed by atoms with Gasteiger partial charge in [-0.3, -0.25) is 4.79 Å². The number of benzene rings is 1. The number of hydrogen-bond donors (Lipinski definition) is 3. The van der Waals surface area contributed by atoms with Crippen molar-refractivity contribution in [1.29, 1.82) is 0 Å². The minimum atomic E-state index is -1.20. The van der Waals surface area contributed by atoms with E-state index in [9.17, 15) is 14.7 Å². The third-order valence-corrected chi connectivity index (χ3v) is 4.61. The van der Waals surface area contributed by atoms with Crippen molar-refractivity contribution in [2.24, 2.45) is 0 Å². The summed E-state index contributed by atoms with van der Waals surface area (Å²) in [4.78, 5) is 24.1. The Morgan fingerprint density at radius 3 is 2.76 bits per heavy atom. The lowest BCUT2D eigenvalue weighted by Gasteiger charge is -2.08. The molecule has 110 valence electrons. The number of carbonyl (C=O) groups is 2. The highest BCUT2D eigenvalue weighted by Crippen LogP contribution is 2.22. The van der Waals surface area contributed by atoms with Crippen molar-refractivity contribution in [3.8, 4) is 5.75 Å². The van der Waals surface area contributed by atoms with E-state index in [0.29, 0.717) is 0 Å². The molecule has 3 N–H and O–H groups in total. The number of hydrogen-bond acceptors (Lipinski definition) is 5. The number of aromatic hydroxyl groups is 1. The standard InChI is InChI=1S/C14H13NO4S2/c16-9-3-4-12(11(6-9)14(18)19)15-13(17)8-20-7-10-2-1-5-21-10/h1-6,16H,7-8H2,(H,15,17)(H,18,19). The fourth-order valence-electron chi connectivity index (χ4n) is 1.64. The first kappa shape index (κ1) is 15.4. The minimum absolute atomic E-state index is 0.133. The molecule has 0 bridgehead atoms. The van der Waals surface area contributed by atoms with Gasteiger partial charge in [-0.25, -0.2) is 4.79 Å². The third kappa shape index (κ3) is 4.51. The monoisotopic (exact) mass is 323 g/mol. The fraction of sp³-hybridized carbons (Fsp3) is 0.143. The van der Waals surface area contributed by atoms with Crippen molar-refractivity contribution in [3.63, 3.8) is 0 Å². The Morgan fingerprint density at radius 1 is 1.29 bits per heavy atom. The molecule has 0 aliphatic heterocycles. The molecule has 0 saturated heterocycles. The van der Waals surface area contributed by atoms with Gasteiger partial charge in [0.2, 0.25) is 5.91 Å². The molecule has 0 aliphatic carbocycles. The van der Waals surface area contributed by atoms with Crippen LogP contribution in [0.2, 0.25) is 0 Å². The van der Waals surface area contributed by atoms with Crippen LogP contribution < -0.4 is 5.32 Å². The number of anilines is 1. The zero-order valence-corrected chi connectivity index (χ0v) is 12.5. The summed E-state index contributed by atoms with van der Waals surface area (Å²) in [6, 6.07) is 7.77. The van der Waals surface area contributed by atoms with Crippen LogP contribution in [0.5, 0.6) is 5.75 Å². The molecule has 0 fully saturated rings. The summed E-state index contributed by atoms with van der Waals surface area (Å²) in [5.74, 6) is -0.653. The summed E-state index contributed by atoms with van der Waals surface area (Å²) < 4.78 is 0. The van der Waals surface area contributed by atoms with Crippen LogP contribution in [0.15, 0.2) is 35.7 Å². The van der Waals surface area contributed by atoms with Gasteiger partial charge in [-0.1, -0.05) is 6.07 Å². The van der Waals surface area contributed by atoms with E-state index < -0.39 is 5.97 Å². The lowest BCUT2D eigenvalue weighted by Crippen LogP contribution is -2.16. The molecule has 0 aliphatic rings. The number of carbonyl (C=O) groups excluding carboxylic acids is 1. The summed E-state index contributed by atoms with van der Waals surface area (Å²) in [6.07, 6.45) is 0. The van der Waals surface area contributed by atoms with E-state index >= 15 is 0 Å². The van der Waals surface area contributed by atoms with Gasteiger partial charge in [0.15, 0.2) is 0 Å². The number of phenols is 1. The Bertz CT molecular complexity index is 640. The molecule has 0 spiro atoms. The molecule has 1 aromatic heterocycles. The highest BCUT2D eigenvalue weighted by atomic mass is 32.2. The smallest absolute Gasteiger partial charge is 0.337 e. The van der Waals surface area contributed by atoms with Crippen molar-refractivity contribution in [2.45, 2.75) is 5.75 Å². The van der Waals surface area contributed by atoms with Crippen LogP contribution in [0.4, 0.5) is 5.69 Å². The van der Waals surface area contributed by atoms with Crippen LogP contribution in [0.1, 0.15) is 15.2 Å². The molecular weight excluding hydrogens is 310 g/mol. The first-order valence-electron chi connectivity index (χ1n) is 6.02. The number of thiophene rings is 1. The maximum atomic E-state index is 11.8. The molecule has 0 saturated carbocycles. The van der Waals surface area contributed by atoms with Crippen molar-refractivity contribution in [2.75, 3.05) is 11.1 Å². The molecule has 1 amide bonds. The van der Waals surface area contributed by atoms with Gasteiger partial charge in [-0.2, -0.15) is 0 Å². The minimum Gasteiger partial charge on any atom is -0.508 e. The number of phenolic OH excluding ortho intramolecular Hbond substituents is 1. The Kier molecular flexibility index (Phi) is 5.24. The molecule has 7 heteroatoms. The average Bonchev–Trinajstić information content (AvgIpc) is 2.94. The van der Waals surface area contributed by atoms with E-state index in [1.165, 1.54) is 28.8 Å². The molecule has 2 aromatic rings. The van der Waals surface area contributed by atoms with Crippen LogP contribution in [0, 0.1) is 0 Å². The average molecular weight is 323 g/mol. The van der Waals surface area contributed by atoms with Crippen LogP contribution in [-0.2, 0) is 10.5 Å². The fourth-order valence-corrected chi connectivity index (χ4v) is 3.31. The molecule has 5 nitrogen and oxygen atoms in total. The highest BCUT2D eigenvalue weighted by molar-refractivity contribution is 7.99. The van der Waals surface area contributed by atoms with Crippen molar-refractivity contribution >= 4 is 40.7 Å². The molecule has 0 unspecified atom stereocenters. The number of carboxylic acid groups (broad SMARTS) is 1. The number of rotatable bonds is 6. The summed E-state index contributed by atoms with van der Waals surface area (Å²) in [5.41, 5.74) is 0.0497. The van der Waals surface area contributed by atoms with Crippen molar-refractivity contribution in [3.05, 3.63) is 46.2 Å². The third-order valence-electron chi connectivity index (χ3n) is 2.57. The second-order valence-corrected chi connectivity index (χ2v) is 6.17. The van der Waals surface area contributed by atoms with Crippen LogP contribution in [0.3, 0.4) is 0 Å². The molecule has 2 rings (SSSR count). The van der Waals surface area contributed by atoms with Gasteiger partial charge in [0.25, 0.3) is 0 Å². The van der Waals surface area contributed by atoms with Crippen LogP contribution in [0.25, 0.3) is 0 Å². The van der Waals surface area contributed by atoms with Gasteiger partial charge in [-0.05, 0) is 29.6 Å². The normalized spacial score (nSPS) is 10.3. The van der Waals surface area contributed by atoms with Crippen LogP contribution in [-0.4, -0.2) is 27.8 Å². The van der Waals surface area contributed by atoms with Crippen molar-refractivity contribution < 1.29 is 19.8 Å². The molecule has 21 heavy (non-hydrogen) atoms. The number of amides is 1. The number of nitrogens with one attached hydrogen (secondary N) is 1. The lowest BCUT2D eigenvalue weighted by molar-refractivity contribution is -0.113. The zero-order chi connectivity index (χ0) is 15.2. The van der Waals surface area contributed by atoms with Gasteiger partial charge >= 0.3 is 5.97 Å². The van der Waals surface area contributed by atoms with Gasteiger partial charge < -0.3 is 15.5 Å². The van der Waals surface area contributed by atoms with Crippen molar-refractivity contribution in [1.82, 2.24) is 0 Å². The molecule has 0 atom stereocenters. The molecule has 1 heterocycles. The Balaban J connectivity index is 1.92. The second kappa shape index (κ2) is 7.14. The summed E-state index contributed by atoms with van der Waals surface area (Å²) in [7, 11) is 0. The number of aromatic carboxylic acids is 1. The van der Waals surface area contributed by atoms with Gasteiger partial charge in [-0.15, -0.1) is 23.1 Å². The quantitative estimate of drug-likeness (QED) is 0.711. The van der Waals surface area contributed by atoms with E-state index in [1.54, 1.807) is 11.3 Å². The second-order valence-electron chi connectivity index (χ2n) is 4.16. The zero-order valence-electron chi connectivity index (χ0n) is 10.9. The van der Waals surface area contributed by atoms with E-state index in [1.807, 2.05) is 17.5 Å². The summed E-state index contributed by atoms with van der Waals surface area (Å²) >= 11 is 3.09. The van der Waals surface area contributed by atoms with Gasteiger partial charge in [0.1, 0.15) is 5.75 Å². The number of carboxylic acids is 1. The SMILES string of the molecule is O=C(CSCc1cccs1)Nc1ccc(O)cc1C(=O)O. The maximum Gasteiger partial charge on any atom is 0.337 e. The predicted molar refractivity (Wildman–Crippen MR) is 84.2 cm³/mol. The van der Waals surface area contributed by atoms with Gasteiger partial charge in [0.05, 0.1) is 17.0 Å². The first-order valence-corrected chi connectivity index (χ1v) is 8.06. The maximum absolute atomic E-state index is 11.8. The summed E-state index contributed by atoms with van der Waals surface area (Å²) in [5, 5.41) is 22.9. The summed E-state index contributed by atoms with van der Waals surface area (Å²) in [6.45, 7) is 0. The Hall–Kier alpha value is -1.99. The molecular formula is C14H13NO4S2. The van der Waals surface area contributed by atoms with Gasteiger partial charge in [0, 0.05) is 10.6 Å². The topological polar surface area (TPSA) is 86.6 Å². The molecule has 1 aromatic carbocycles.